The number of hydrogen-bond acceptors (Lipinski definition) is 3. The van der Waals surface area contributed by atoms with Gasteiger partial charge in [-0.15, -0.1) is 0 Å². The Hall–Kier alpha value is -1.77. The molecule has 0 atom stereocenters. The van der Waals surface area contributed by atoms with Crippen LogP contribution in [0.5, 0.6) is 0 Å². The first-order chi connectivity index (χ1) is 8.66. The zero-order valence-electron chi connectivity index (χ0n) is 9.34. The van der Waals surface area contributed by atoms with Gasteiger partial charge in [0.25, 0.3) is 6.43 Å². The molecule has 0 amide bonds. The highest BCUT2D eigenvalue weighted by Gasteiger charge is 2.38. The third-order valence-electron chi connectivity index (χ3n) is 2.24. The molecule has 4 nitrogen and oxygen atoms in total. The van der Waals surface area contributed by atoms with E-state index >= 15 is 0 Å². The second kappa shape index (κ2) is 5.47. The molecule has 0 aromatic carbocycles. The summed E-state index contributed by atoms with van der Waals surface area (Å²) >= 11 is 0. The fourth-order valence-electron chi connectivity index (χ4n) is 1.57. The molecule has 9 heteroatoms. The lowest BCUT2D eigenvalue weighted by molar-refractivity contribution is -0.140. The number of pyridine rings is 1. The summed E-state index contributed by atoms with van der Waals surface area (Å²) in [6.45, 7) is -0.649. The average Bonchev–Trinajstić information content (AvgIpc) is 2.25. The third kappa shape index (κ3) is 3.60. The van der Waals surface area contributed by atoms with Crippen LogP contribution in [0.25, 0.3) is 0 Å². The Bertz CT molecular complexity index is 488. The van der Waals surface area contributed by atoms with Gasteiger partial charge in [0, 0.05) is 6.54 Å². The maximum absolute atomic E-state index is 12.8. The smallest absolute Gasteiger partial charge is 0.418 e. The van der Waals surface area contributed by atoms with Gasteiger partial charge in [-0.2, -0.15) is 13.2 Å². The number of carbonyl (C=O) groups is 1. The van der Waals surface area contributed by atoms with Crippen LogP contribution in [0.1, 0.15) is 28.9 Å². The van der Waals surface area contributed by atoms with Crippen molar-refractivity contribution in [3.8, 4) is 0 Å². The van der Waals surface area contributed by atoms with Crippen molar-refractivity contribution in [2.45, 2.75) is 25.6 Å². The molecule has 0 radical (unpaired) electrons. The summed E-state index contributed by atoms with van der Waals surface area (Å²) in [4.78, 5) is 13.6. The van der Waals surface area contributed by atoms with Crippen LogP contribution >= 0.6 is 0 Å². The number of hydrogen-bond donors (Lipinski definition) is 2. The van der Waals surface area contributed by atoms with Gasteiger partial charge in [0.05, 0.1) is 17.7 Å². The first-order valence-corrected chi connectivity index (χ1v) is 4.96. The summed E-state index contributed by atoms with van der Waals surface area (Å²) in [5.74, 6) is -1.60. The number of nitrogens with zero attached hydrogens (tertiary/aromatic N) is 1. The first-order valence-electron chi connectivity index (χ1n) is 4.96. The number of alkyl halides is 5. The molecule has 3 N–H and O–H groups in total. The Morgan fingerprint density at radius 2 is 2.00 bits per heavy atom. The second-order valence-corrected chi connectivity index (χ2v) is 3.60. The van der Waals surface area contributed by atoms with Gasteiger partial charge in [0.2, 0.25) is 0 Å². The van der Waals surface area contributed by atoms with Crippen LogP contribution < -0.4 is 5.73 Å². The van der Waals surface area contributed by atoms with E-state index in [-0.39, 0.29) is 0 Å². The molecule has 1 aromatic heterocycles. The standard InChI is InChI=1S/C10H9F5N2O2/c11-9(12)6-1-4(3-16)8(10(13,14)15)5(17-6)2-7(18)19/h1,9H,2-3,16H2,(H,18,19). The Kier molecular flexibility index (Phi) is 4.40. The van der Waals surface area contributed by atoms with Gasteiger partial charge in [0.1, 0.15) is 5.69 Å². The molecular weight excluding hydrogens is 275 g/mol. The van der Waals surface area contributed by atoms with E-state index in [2.05, 4.69) is 4.98 Å². The summed E-state index contributed by atoms with van der Waals surface area (Å²) in [5, 5.41) is 8.52. The number of carboxylic acids is 1. The van der Waals surface area contributed by atoms with Gasteiger partial charge in [0.15, 0.2) is 0 Å². The Morgan fingerprint density at radius 3 is 2.37 bits per heavy atom. The van der Waals surface area contributed by atoms with Crippen molar-refractivity contribution < 1.29 is 31.9 Å². The van der Waals surface area contributed by atoms with Crippen LogP contribution in [0.2, 0.25) is 0 Å². The zero-order valence-corrected chi connectivity index (χ0v) is 9.34. The van der Waals surface area contributed by atoms with Gasteiger partial charge < -0.3 is 10.8 Å². The normalized spacial score (nSPS) is 11.9. The molecule has 19 heavy (non-hydrogen) atoms. The zero-order chi connectivity index (χ0) is 14.8. The number of rotatable bonds is 4. The van der Waals surface area contributed by atoms with Crippen LogP contribution in [0.4, 0.5) is 22.0 Å². The summed E-state index contributed by atoms with van der Waals surface area (Å²) < 4.78 is 63.4. The molecule has 0 saturated carbocycles. The van der Waals surface area contributed by atoms with Crippen molar-refractivity contribution in [2.24, 2.45) is 5.73 Å². The molecule has 0 unspecified atom stereocenters. The van der Waals surface area contributed by atoms with E-state index in [0.29, 0.717) is 6.07 Å². The van der Waals surface area contributed by atoms with Gasteiger partial charge in [-0.25, -0.2) is 8.78 Å². The summed E-state index contributed by atoms with van der Waals surface area (Å²) in [7, 11) is 0. The Labute approximate surface area is 104 Å². The summed E-state index contributed by atoms with van der Waals surface area (Å²) in [6, 6.07) is 0.541. The van der Waals surface area contributed by atoms with Crippen molar-refractivity contribution in [1.82, 2.24) is 4.98 Å². The van der Waals surface area contributed by atoms with E-state index < -0.39 is 54.1 Å². The van der Waals surface area contributed by atoms with Crippen LogP contribution in [0.3, 0.4) is 0 Å². The number of aromatic nitrogens is 1. The summed E-state index contributed by atoms with van der Waals surface area (Å²) in [6.07, 6.45) is -9.13. The minimum Gasteiger partial charge on any atom is -0.481 e. The number of halogens is 5. The molecule has 0 aliphatic heterocycles. The monoisotopic (exact) mass is 284 g/mol. The van der Waals surface area contributed by atoms with Gasteiger partial charge in [-0.1, -0.05) is 0 Å². The van der Waals surface area contributed by atoms with E-state index in [4.69, 9.17) is 10.8 Å². The van der Waals surface area contributed by atoms with E-state index in [9.17, 15) is 26.7 Å². The molecule has 1 rings (SSSR count). The lowest BCUT2D eigenvalue weighted by atomic mass is 10.0. The third-order valence-corrected chi connectivity index (χ3v) is 2.24. The van der Waals surface area contributed by atoms with Crippen LogP contribution in [-0.4, -0.2) is 16.1 Å². The van der Waals surface area contributed by atoms with Crippen LogP contribution in [0.15, 0.2) is 6.07 Å². The molecule has 0 spiro atoms. The molecule has 0 bridgehead atoms. The fraction of sp³-hybridized carbons (Fsp3) is 0.400. The largest absolute Gasteiger partial charge is 0.481 e. The molecule has 0 saturated heterocycles. The number of aliphatic carboxylic acids is 1. The minimum absolute atomic E-state index is 0.541. The molecule has 1 aromatic rings. The molecule has 1 heterocycles. The average molecular weight is 284 g/mol. The van der Waals surface area contributed by atoms with E-state index in [0.717, 1.165) is 0 Å². The Morgan fingerprint density at radius 1 is 1.42 bits per heavy atom. The van der Waals surface area contributed by atoms with Crippen LogP contribution in [0, 0.1) is 0 Å². The van der Waals surface area contributed by atoms with Crippen molar-refractivity contribution >= 4 is 5.97 Å². The lowest BCUT2D eigenvalue weighted by Crippen LogP contribution is -2.20. The number of carboxylic acid groups (broad SMARTS) is 1. The Balaban J connectivity index is 3.52. The molecule has 0 aliphatic carbocycles. The first kappa shape index (κ1) is 15.3. The predicted octanol–water partition coefficient (Wildman–Crippen LogP) is 2.12. The summed E-state index contributed by atoms with van der Waals surface area (Å²) in [5.41, 5.74) is 1.25. The van der Waals surface area contributed by atoms with Gasteiger partial charge in [-0.3, -0.25) is 9.78 Å². The number of nitrogens with two attached hydrogens (primary N) is 1. The minimum atomic E-state index is -4.91. The molecule has 0 fully saturated rings. The van der Waals surface area contributed by atoms with Crippen molar-refractivity contribution in [2.75, 3.05) is 0 Å². The second-order valence-electron chi connectivity index (χ2n) is 3.60. The maximum Gasteiger partial charge on any atom is 0.418 e. The quantitative estimate of drug-likeness (QED) is 0.830. The molecule has 106 valence electrons. The van der Waals surface area contributed by atoms with Gasteiger partial charge >= 0.3 is 12.1 Å². The maximum atomic E-state index is 12.8. The fourth-order valence-corrected chi connectivity index (χ4v) is 1.57. The van der Waals surface area contributed by atoms with E-state index in [1.807, 2.05) is 0 Å². The van der Waals surface area contributed by atoms with Gasteiger partial charge in [-0.05, 0) is 11.6 Å². The SMILES string of the molecule is NCc1cc(C(F)F)nc(CC(=O)O)c1C(F)(F)F. The molecular formula is C10H9F5N2O2. The van der Waals surface area contributed by atoms with E-state index in [1.165, 1.54) is 0 Å². The highest BCUT2D eigenvalue weighted by atomic mass is 19.4. The van der Waals surface area contributed by atoms with E-state index in [1.54, 1.807) is 0 Å². The predicted molar refractivity (Wildman–Crippen MR) is 53.4 cm³/mol. The molecule has 0 aliphatic rings. The van der Waals surface area contributed by atoms with Crippen molar-refractivity contribution in [3.05, 3.63) is 28.6 Å². The topological polar surface area (TPSA) is 76.2 Å². The highest BCUT2D eigenvalue weighted by Crippen LogP contribution is 2.35. The van der Waals surface area contributed by atoms with Crippen molar-refractivity contribution in [1.29, 1.82) is 0 Å². The highest BCUT2D eigenvalue weighted by molar-refractivity contribution is 5.70. The lowest BCUT2D eigenvalue weighted by Gasteiger charge is -2.16. The van der Waals surface area contributed by atoms with Crippen molar-refractivity contribution in [3.63, 3.8) is 0 Å². The van der Waals surface area contributed by atoms with Crippen LogP contribution in [-0.2, 0) is 23.9 Å².